The number of nitrogens with zero attached hydrogens (tertiary/aromatic N) is 3. The van der Waals surface area contributed by atoms with E-state index in [1.807, 2.05) is 6.07 Å². The monoisotopic (exact) mass is 254 g/mol. The highest BCUT2D eigenvalue weighted by molar-refractivity contribution is 9.10. The third-order valence-corrected chi connectivity index (χ3v) is 2.63. The topological polar surface area (TPSA) is 56.2 Å². The van der Waals surface area contributed by atoms with Crippen LogP contribution in [-0.2, 0) is 0 Å². The largest absolute Gasteiger partial charge is 0.385 e. The molecule has 2 N–H and O–H groups in total. The van der Waals surface area contributed by atoms with Gasteiger partial charge in [-0.1, -0.05) is 13.8 Å². The van der Waals surface area contributed by atoms with E-state index in [1.54, 1.807) is 10.6 Å². The van der Waals surface area contributed by atoms with Crippen molar-refractivity contribution in [3.63, 3.8) is 0 Å². The Labute approximate surface area is 90.3 Å². The fourth-order valence-corrected chi connectivity index (χ4v) is 1.76. The van der Waals surface area contributed by atoms with Gasteiger partial charge in [0.25, 0.3) is 0 Å². The highest BCUT2D eigenvalue weighted by atomic mass is 79.9. The average Bonchev–Trinajstić information content (AvgIpc) is 2.48. The number of rotatable bonds is 1. The summed E-state index contributed by atoms with van der Waals surface area (Å²) >= 11 is 3.36. The van der Waals surface area contributed by atoms with Crippen LogP contribution in [0.3, 0.4) is 0 Å². The second-order valence-electron chi connectivity index (χ2n) is 3.48. The average molecular weight is 255 g/mol. The van der Waals surface area contributed by atoms with E-state index in [2.05, 4.69) is 39.7 Å². The number of nitrogen functional groups attached to an aromatic ring is 1. The van der Waals surface area contributed by atoms with Gasteiger partial charge in [-0.2, -0.15) is 0 Å². The predicted octanol–water partition coefficient (Wildman–Crippen LogP) is 2.20. The summed E-state index contributed by atoms with van der Waals surface area (Å²) in [5.41, 5.74) is 6.86. The van der Waals surface area contributed by atoms with E-state index in [1.165, 1.54) is 0 Å². The van der Waals surface area contributed by atoms with E-state index in [4.69, 9.17) is 5.73 Å². The van der Waals surface area contributed by atoms with Crippen LogP contribution in [0, 0.1) is 0 Å². The lowest BCUT2D eigenvalue weighted by Gasteiger charge is -2.07. The van der Waals surface area contributed by atoms with Crippen LogP contribution in [0.2, 0.25) is 0 Å². The SMILES string of the molecule is CC(C)c1cc(N)n2c(Br)cnc2n1. The van der Waals surface area contributed by atoms with Crippen molar-refractivity contribution in [1.82, 2.24) is 14.4 Å². The molecule has 0 aliphatic heterocycles. The van der Waals surface area contributed by atoms with Gasteiger partial charge in [-0.05, 0) is 21.8 Å². The molecule has 0 saturated carbocycles. The Hall–Kier alpha value is -1.10. The van der Waals surface area contributed by atoms with Crippen molar-refractivity contribution < 1.29 is 0 Å². The Kier molecular flexibility index (Phi) is 2.19. The summed E-state index contributed by atoms with van der Waals surface area (Å²) in [6.07, 6.45) is 1.70. The fraction of sp³-hybridized carbons (Fsp3) is 0.333. The molecule has 2 rings (SSSR count). The van der Waals surface area contributed by atoms with Crippen LogP contribution in [-0.4, -0.2) is 14.4 Å². The molecule has 0 atom stereocenters. The molecular weight excluding hydrogens is 244 g/mol. The van der Waals surface area contributed by atoms with Crippen molar-refractivity contribution in [2.45, 2.75) is 19.8 Å². The maximum Gasteiger partial charge on any atom is 0.236 e. The van der Waals surface area contributed by atoms with Crippen molar-refractivity contribution in [3.05, 3.63) is 22.6 Å². The number of halogens is 1. The third-order valence-electron chi connectivity index (χ3n) is 2.07. The summed E-state index contributed by atoms with van der Waals surface area (Å²) < 4.78 is 2.60. The van der Waals surface area contributed by atoms with Gasteiger partial charge in [0.2, 0.25) is 5.78 Å². The fourth-order valence-electron chi connectivity index (χ4n) is 1.30. The molecule has 5 heteroatoms. The lowest BCUT2D eigenvalue weighted by atomic mass is 10.1. The summed E-state index contributed by atoms with van der Waals surface area (Å²) in [6, 6.07) is 1.88. The van der Waals surface area contributed by atoms with Crippen molar-refractivity contribution >= 4 is 27.5 Å². The quantitative estimate of drug-likeness (QED) is 0.849. The molecule has 14 heavy (non-hydrogen) atoms. The third kappa shape index (κ3) is 1.37. The van der Waals surface area contributed by atoms with Crippen molar-refractivity contribution in [1.29, 1.82) is 0 Å². The molecule has 2 heterocycles. The summed E-state index contributed by atoms with van der Waals surface area (Å²) in [7, 11) is 0. The minimum Gasteiger partial charge on any atom is -0.385 e. The van der Waals surface area contributed by atoms with Crippen molar-refractivity contribution in [2.24, 2.45) is 0 Å². The van der Waals surface area contributed by atoms with Gasteiger partial charge < -0.3 is 5.73 Å². The molecule has 0 bridgehead atoms. The molecule has 0 amide bonds. The first kappa shape index (κ1) is 9.45. The van der Waals surface area contributed by atoms with Crippen LogP contribution < -0.4 is 5.73 Å². The zero-order valence-corrected chi connectivity index (χ0v) is 9.62. The van der Waals surface area contributed by atoms with E-state index in [9.17, 15) is 0 Å². The van der Waals surface area contributed by atoms with E-state index in [0.29, 0.717) is 17.5 Å². The first-order valence-corrected chi connectivity index (χ1v) is 5.18. The van der Waals surface area contributed by atoms with Gasteiger partial charge in [0.1, 0.15) is 10.4 Å². The lowest BCUT2D eigenvalue weighted by Crippen LogP contribution is -2.03. The molecule has 0 spiro atoms. The number of hydrogen-bond donors (Lipinski definition) is 1. The minimum atomic E-state index is 0.359. The summed E-state index contributed by atoms with van der Waals surface area (Å²) in [5, 5.41) is 0. The van der Waals surface area contributed by atoms with E-state index < -0.39 is 0 Å². The zero-order chi connectivity index (χ0) is 10.3. The summed E-state index contributed by atoms with van der Waals surface area (Å²) in [6.45, 7) is 4.16. The van der Waals surface area contributed by atoms with Crippen LogP contribution >= 0.6 is 15.9 Å². The molecule has 4 nitrogen and oxygen atoms in total. The van der Waals surface area contributed by atoms with Gasteiger partial charge >= 0.3 is 0 Å². The first-order chi connectivity index (χ1) is 6.59. The molecule has 0 fully saturated rings. The predicted molar refractivity (Wildman–Crippen MR) is 59.2 cm³/mol. The van der Waals surface area contributed by atoms with E-state index in [0.717, 1.165) is 10.3 Å². The van der Waals surface area contributed by atoms with E-state index in [-0.39, 0.29) is 0 Å². The Morgan fingerprint density at radius 2 is 2.21 bits per heavy atom. The summed E-state index contributed by atoms with van der Waals surface area (Å²) in [5.74, 6) is 1.65. The Morgan fingerprint density at radius 1 is 1.50 bits per heavy atom. The Morgan fingerprint density at radius 3 is 2.86 bits per heavy atom. The molecule has 0 aliphatic carbocycles. The van der Waals surface area contributed by atoms with Gasteiger partial charge in [0.05, 0.1) is 11.9 Å². The summed E-state index contributed by atoms with van der Waals surface area (Å²) in [4.78, 5) is 8.55. The molecular formula is C9H11BrN4. The molecule has 0 radical (unpaired) electrons. The van der Waals surface area contributed by atoms with Crippen molar-refractivity contribution in [3.8, 4) is 0 Å². The number of imidazole rings is 1. The molecule has 74 valence electrons. The highest BCUT2D eigenvalue weighted by Gasteiger charge is 2.09. The number of nitrogens with two attached hydrogens (primary N) is 1. The molecule has 2 aromatic heterocycles. The molecule has 0 saturated heterocycles. The highest BCUT2D eigenvalue weighted by Crippen LogP contribution is 2.20. The van der Waals surface area contributed by atoms with Gasteiger partial charge in [0.15, 0.2) is 0 Å². The van der Waals surface area contributed by atoms with Crippen LogP contribution in [0.15, 0.2) is 16.9 Å². The Bertz CT molecular complexity index is 475. The normalized spacial score (nSPS) is 11.4. The second kappa shape index (κ2) is 3.24. The number of anilines is 1. The van der Waals surface area contributed by atoms with Gasteiger partial charge in [-0.3, -0.25) is 4.40 Å². The van der Waals surface area contributed by atoms with Gasteiger partial charge in [-0.25, -0.2) is 9.97 Å². The minimum absolute atomic E-state index is 0.359. The molecule has 2 aromatic rings. The first-order valence-electron chi connectivity index (χ1n) is 4.39. The standard InChI is InChI=1S/C9H11BrN4/c1-5(2)6-3-8(11)14-7(10)4-12-9(14)13-6/h3-5H,11H2,1-2H3. The van der Waals surface area contributed by atoms with Crippen LogP contribution in [0.1, 0.15) is 25.5 Å². The number of hydrogen-bond acceptors (Lipinski definition) is 3. The molecule has 0 aliphatic rings. The van der Waals surface area contributed by atoms with Crippen LogP contribution in [0.4, 0.5) is 5.82 Å². The molecule has 0 aromatic carbocycles. The zero-order valence-electron chi connectivity index (χ0n) is 8.03. The number of aromatic nitrogens is 3. The van der Waals surface area contributed by atoms with Crippen LogP contribution in [0.25, 0.3) is 5.78 Å². The Balaban J connectivity index is 2.74. The smallest absolute Gasteiger partial charge is 0.236 e. The molecule has 0 unspecified atom stereocenters. The second-order valence-corrected chi connectivity index (χ2v) is 4.29. The van der Waals surface area contributed by atoms with E-state index >= 15 is 0 Å². The number of fused-ring (bicyclic) bond motifs is 1. The maximum absolute atomic E-state index is 5.89. The lowest BCUT2D eigenvalue weighted by molar-refractivity contribution is 0.818. The van der Waals surface area contributed by atoms with Crippen LogP contribution in [0.5, 0.6) is 0 Å². The van der Waals surface area contributed by atoms with Gasteiger partial charge in [0, 0.05) is 6.07 Å². The van der Waals surface area contributed by atoms with Gasteiger partial charge in [-0.15, -0.1) is 0 Å². The van der Waals surface area contributed by atoms with Crippen molar-refractivity contribution in [2.75, 3.05) is 5.73 Å². The maximum atomic E-state index is 5.89.